The summed E-state index contributed by atoms with van der Waals surface area (Å²) < 4.78 is 0. The van der Waals surface area contributed by atoms with E-state index < -0.39 is 0 Å². The smallest absolute Gasteiger partial charge is 0.131 e. The van der Waals surface area contributed by atoms with E-state index in [0.717, 1.165) is 11.4 Å². The molecule has 0 saturated carbocycles. The van der Waals surface area contributed by atoms with Gasteiger partial charge >= 0.3 is 0 Å². The van der Waals surface area contributed by atoms with E-state index in [9.17, 15) is 0 Å². The van der Waals surface area contributed by atoms with Crippen molar-refractivity contribution in [1.82, 2.24) is 9.97 Å². The normalized spacial score (nSPS) is 9.56. The molecule has 0 bridgehead atoms. The lowest BCUT2D eigenvalue weighted by Gasteiger charge is -1.92. The van der Waals surface area contributed by atoms with Crippen molar-refractivity contribution in [3.05, 3.63) is 30.2 Å². The Kier molecular flexibility index (Phi) is 1.78. The maximum Gasteiger partial charge on any atom is 0.131 e. The molecule has 0 fully saturated rings. The van der Waals surface area contributed by atoms with Crippen molar-refractivity contribution in [2.75, 3.05) is 0 Å². The van der Waals surface area contributed by atoms with E-state index in [2.05, 4.69) is 9.97 Å². The zero-order valence-corrected chi connectivity index (χ0v) is 5.63. The van der Waals surface area contributed by atoms with Crippen molar-refractivity contribution in [3.8, 4) is 0 Å². The summed E-state index contributed by atoms with van der Waals surface area (Å²) in [6.45, 7) is 3.89. The molecule has 1 aromatic heterocycles. The minimum atomic E-state index is 0.792. The summed E-state index contributed by atoms with van der Waals surface area (Å²) in [5.41, 5.74) is 1.10. The van der Waals surface area contributed by atoms with Gasteiger partial charge in [0.05, 0.1) is 0 Å². The van der Waals surface area contributed by atoms with Gasteiger partial charge in [-0.05, 0) is 12.5 Å². The van der Waals surface area contributed by atoms with Crippen LogP contribution in [-0.2, 0) is 0 Å². The van der Waals surface area contributed by atoms with Gasteiger partial charge in [-0.15, -0.1) is 0 Å². The first kappa shape index (κ1) is 6.20. The number of aromatic nitrogens is 2. The van der Waals surface area contributed by atoms with Crippen LogP contribution in [-0.4, -0.2) is 9.97 Å². The van der Waals surface area contributed by atoms with Gasteiger partial charge in [-0.25, -0.2) is 9.97 Å². The molecule has 0 spiro atoms. The van der Waals surface area contributed by atoms with Crippen LogP contribution in [0, 0.1) is 13.3 Å². The van der Waals surface area contributed by atoms with Gasteiger partial charge in [-0.2, -0.15) is 0 Å². The molecular formula is C7H9N2. The Balaban J connectivity index is 2.88. The van der Waals surface area contributed by atoms with Gasteiger partial charge in [0.2, 0.25) is 0 Å². The van der Waals surface area contributed by atoms with Crippen LogP contribution in [0.15, 0.2) is 12.4 Å². The monoisotopic (exact) mass is 121 g/mol. The number of rotatable bonds is 1. The molecule has 0 unspecified atom stereocenters. The number of hydrogen-bond acceptors (Lipinski definition) is 2. The van der Waals surface area contributed by atoms with Crippen LogP contribution < -0.4 is 0 Å². The van der Waals surface area contributed by atoms with Crippen LogP contribution in [0.2, 0.25) is 0 Å². The summed E-state index contributed by atoms with van der Waals surface area (Å²) in [6.07, 6.45) is 5.49. The number of hydrogen-bond donors (Lipinski definition) is 0. The van der Waals surface area contributed by atoms with Crippen molar-refractivity contribution < 1.29 is 0 Å². The molecule has 0 amide bonds. The zero-order chi connectivity index (χ0) is 6.69. The van der Waals surface area contributed by atoms with Crippen LogP contribution in [0.4, 0.5) is 0 Å². The van der Waals surface area contributed by atoms with Crippen molar-refractivity contribution in [2.24, 2.45) is 0 Å². The second-order valence-electron chi connectivity index (χ2n) is 1.91. The predicted molar refractivity (Wildman–Crippen MR) is 35.8 cm³/mol. The quantitative estimate of drug-likeness (QED) is 0.560. The van der Waals surface area contributed by atoms with E-state index in [0.29, 0.717) is 0 Å². The Morgan fingerprint density at radius 1 is 1.33 bits per heavy atom. The molecule has 0 aromatic carbocycles. The third kappa shape index (κ3) is 1.49. The van der Waals surface area contributed by atoms with Gasteiger partial charge in [-0.1, -0.05) is 6.92 Å². The van der Waals surface area contributed by atoms with Gasteiger partial charge in [0.1, 0.15) is 5.82 Å². The molecule has 0 saturated heterocycles. The number of nitrogens with zero attached hydrogens (tertiary/aromatic N) is 2. The molecule has 0 aliphatic rings. The first-order valence-corrected chi connectivity index (χ1v) is 2.91. The Labute approximate surface area is 55.0 Å². The van der Waals surface area contributed by atoms with Crippen molar-refractivity contribution >= 4 is 0 Å². The summed E-state index contributed by atoms with van der Waals surface area (Å²) in [5.74, 6) is 0.792. The van der Waals surface area contributed by atoms with E-state index in [1.54, 1.807) is 0 Å². The predicted octanol–water partition coefficient (Wildman–Crippen LogP) is 1.36. The van der Waals surface area contributed by atoms with Crippen LogP contribution in [0.25, 0.3) is 0 Å². The van der Waals surface area contributed by atoms with Gasteiger partial charge in [0.25, 0.3) is 0 Å². The zero-order valence-electron chi connectivity index (χ0n) is 5.63. The molecule has 2 nitrogen and oxygen atoms in total. The molecule has 1 rings (SSSR count). The Morgan fingerprint density at radius 2 is 1.89 bits per heavy atom. The van der Waals surface area contributed by atoms with E-state index in [4.69, 9.17) is 0 Å². The first-order valence-electron chi connectivity index (χ1n) is 2.91. The highest BCUT2D eigenvalue weighted by molar-refractivity contribution is 5.05. The standard InChI is InChI=1S/C7H9N2/c1-3-7-8-4-6(2)5-9-7/h3-5H,1-2H3. The molecule has 2 heteroatoms. The summed E-state index contributed by atoms with van der Waals surface area (Å²) in [7, 11) is 0. The topological polar surface area (TPSA) is 25.8 Å². The van der Waals surface area contributed by atoms with E-state index in [-0.39, 0.29) is 0 Å². The van der Waals surface area contributed by atoms with Crippen LogP contribution >= 0.6 is 0 Å². The molecule has 0 atom stereocenters. The summed E-state index contributed by atoms with van der Waals surface area (Å²) in [6, 6.07) is 0. The fourth-order valence-electron chi connectivity index (χ4n) is 0.552. The van der Waals surface area contributed by atoms with Crippen molar-refractivity contribution in [2.45, 2.75) is 13.8 Å². The lowest BCUT2D eigenvalue weighted by atomic mass is 10.4. The van der Waals surface area contributed by atoms with Gasteiger partial charge < -0.3 is 0 Å². The highest BCUT2D eigenvalue weighted by Gasteiger charge is 1.88. The molecule has 1 aromatic rings. The molecule has 0 aliphatic carbocycles. The first-order chi connectivity index (χ1) is 4.33. The molecule has 0 N–H and O–H groups in total. The van der Waals surface area contributed by atoms with E-state index in [1.807, 2.05) is 32.7 Å². The van der Waals surface area contributed by atoms with E-state index >= 15 is 0 Å². The van der Waals surface area contributed by atoms with Crippen LogP contribution in [0.5, 0.6) is 0 Å². The second-order valence-corrected chi connectivity index (χ2v) is 1.91. The largest absolute Gasteiger partial charge is 0.241 e. The fourth-order valence-corrected chi connectivity index (χ4v) is 0.552. The molecule has 1 heterocycles. The van der Waals surface area contributed by atoms with Gasteiger partial charge in [-0.3, -0.25) is 0 Å². The average molecular weight is 121 g/mol. The molecule has 0 aliphatic heterocycles. The molecule has 1 radical (unpaired) electrons. The molecule has 47 valence electrons. The lowest BCUT2D eigenvalue weighted by Crippen LogP contribution is -1.89. The van der Waals surface area contributed by atoms with Crippen molar-refractivity contribution in [3.63, 3.8) is 0 Å². The maximum absolute atomic E-state index is 4.03. The lowest BCUT2D eigenvalue weighted by molar-refractivity contribution is 1.04. The SMILES string of the molecule is C[CH]c1ncc(C)cn1. The van der Waals surface area contributed by atoms with Gasteiger partial charge in [0, 0.05) is 18.8 Å². The number of aryl methyl sites for hydroxylation is 1. The minimum Gasteiger partial charge on any atom is -0.241 e. The summed E-state index contributed by atoms with van der Waals surface area (Å²) in [5, 5.41) is 0. The summed E-state index contributed by atoms with van der Waals surface area (Å²) in [4.78, 5) is 8.06. The molecular weight excluding hydrogens is 112 g/mol. The Hall–Kier alpha value is -0.920. The highest BCUT2D eigenvalue weighted by atomic mass is 14.8. The maximum atomic E-state index is 4.03. The summed E-state index contributed by atoms with van der Waals surface area (Å²) >= 11 is 0. The average Bonchev–Trinajstić information content (AvgIpc) is 1.90. The second kappa shape index (κ2) is 2.58. The fraction of sp³-hybridized carbons (Fsp3) is 0.286. The Bertz CT molecular complexity index is 179. The van der Waals surface area contributed by atoms with Gasteiger partial charge in [0.15, 0.2) is 0 Å². The van der Waals surface area contributed by atoms with Crippen LogP contribution in [0.3, 0.4) is 0 Å². The highest BCUT2D eigenvalue weighted by Crippen LogP contribution is 1.94. The Morgan fingerprint density at radius 3 is 2.33 bits per heavy atom. The van der Waals surface area contributed by atoms with E-state index in [1.165, 1.54) is 0 Å². The van der Waals surface area contributed by atoms with Crippen molar-refractivity contribution in [1.29, 1.82) is 0 Å². The third-order valence-corrected chi connectivity index (χ3v) is 1.06. The minimum absolute atomic E-state index is 0.792. The van der Waals surface area contributed by atoms with Crippen LogP contribution in [0.1, 0.15) is 18.3 Å². The third-order valence-electron chi connectivity index (χ3n) is 1.06. The molecule has 9 heavy (non-hydrogen) atoms.